The SMILES string of the molecule is COc1ccc(CC(C)CCN)cc1C(C)(C)C. The Morgan fingerprint density at radius 2 is 1.94 bits per heavy atom. The van der Waals surface area contributed by atoms with E-state index in [9.17, 15) is 0 Å². The Balaban J connectivity index is 2.96. The van der Waals surface area contributed by atoms with Crippen LogP contribution in [0.25, 0.3) is 0 Å². The van der Waals surface area contributed by atoms with Gasteiger partial charge in [0, 0.05) is 0 Å². The zero-order valence-electron chi connectivity index (χ0n) is 12.4. The second kappa shape index (κ2) is 6.24. The molecule has 0 aliphatic heterocycles. The summed E-state index contributed by atoms with van der Waals surface area (Å²) < 4.78 is 5.46. The average Bonchev–Trinajstić information content (AvgIpc) is 2.28. The minimum absolute atomic E-state index is 0.110. The highest BCUT2D eigenvalue weighted by atomic mass is 16.5. The first-order valence-corrected chi connectivity index (χ1v) is 6.76. The van der Waals surface area contributed by atoms with Gasteiger partial charge in [0.15, 0.2) is 0 Å². The standard InChI is InChI=1S/C16H27NO/c1-12(8-9-17)10-13-6-7-15(18-5)14(11-13)16(2,3)4/h6-7,11-12H,8-10,17H2,1-5H3. The van der Waals surface area contributed by atoms with Gasteiger partial charge >= 0.3 is 0 Å². The van der Waals surface area contributed by atoms with Crippen LogP contribution in [0.3, 0.4) is 0 Å². The Hall–Kier alpha value is -1.02. The molecule has 102 valence electrons. The lowest BCUT2D eigenvalue weighted by molar-refractivity contribution is 0.397. The molecule has 0 heterocycles. The first-order chi connectivity index (χ1) is 8.38. The van der Waals surface area contributed by atoms with Gasteiger partial charge in [0.05, 0.1) is 7.11 Å². The van der Waals surface area contributed by atoms with Gasteiger partial charge in [-0.2, -0.15) is 0 Å². The summed E-state index contributed by atoms with van der Waals surface area (Å²) in [6, 6.07) is 6.54. The highest BCUT2D eigenvalue weighted by molar-refractivity contribution is 5.41. The normalized spacial score (nSPS) is 13.4. The topological polar surface area (TPSA) is 35.2 Å². The third-order valence-corrected chi connectivity index (χ3v) is 3.32. The maximum absolute atomic E-state index is 5.61. The molecular weight excluding hydrogens is 222 g/mol. The monoisotopic (exact) mass is 249 g/mol. The third-order valence-electron chi connectivity index (χ3n) is 3.32. The van der Waals surface area contributed by atoms with Gasteiger partial charge in [-0.1, -0.05) is 39.8 Å². The Labute approximate surface area is 112 Å². The van der Waals surface area contributed by atoms with Crippen LogP contribution in [0.1, 0.15) is 45.2 Å². The van der Waals surface area contributed by atoms with Gasteiger partial charge in [-0.3, -0.25) is 0 Å². The molecule has 18 heavy (non-hydrogen) atoms. The van der Waals surface area contributed by atoms with Crippen LogP contribution < -0.4 is 10.5 Å². The number of nitrogens with two attached hydrogens (primary N) is 1. The second-order valence-corrected chi connectivity index (χ2v) is 6.17. The van der Waals surface area contributed by atoms with Crippen molar-refractivity contribution in [2.45, 2.75) is 46.0 Å². The number of ether oxygens (including phenoxy) is 1. The Morgan fingerprint density at radius 3 is 2.44 bits per heavy atom. The average molecular weight is 249 g/mol. The molecule has 0 radical (unpaired) electrons. The summed E-state index contributed by atoms with van der Waals surface area (Å²) in [7, 11) is 1.74. The summed E-state index contributed by atoms with van der Waals surface area (Å²) in [5, 5.41) is 0. The minimum Gasteiger partial charge on any atom is -0.496 e. The van der Waals surface area contributed by atoms with Crippen LogP contribution in [0.5, 0.6) is 5.75 Å². The van der Waals surface area contributed by atoms with Gasteiger partial charge in [-0.05, 0) is 47.9 Å². The molecule has 0 amide bonds. The van der Waals surface area contributed by atoms with Crippen molar-refractivity contribution in [1.82, 2.24) is 0 Å². The molecule has 0 fully saturated rings. The predicted octanol–water partition coefficient (Wildman–Crippen LogP) is 3.52. The Kier molecular flexibility index (Phi) is 5.21. The van der Waals surface area contributed by atoms with E-state index in [2.05, 4.69) is 45.9 Å². The molecule has 2 N–H and O–H groups in total. The number of methoxy groups -OCH3 is 1. The largest absolute Gasteiger partial charge is 0.496 e. The van der Waals surface area contributed by atoms with E-state index in [4.69, 9.17) is 10.5 Å². The van der Waals surface area contributed by atoms with Crippen LogP contribution in [0.4, 0.5) is 0 Å². The molecule has 1 aromatic rings. The van der Waals surface area contributed by atoms with Gasteiger partial charge in [-0.25, -0.2) is 0 Å². The smallest absolute Gasteiger partial charge is 0.122 e. The molecule has 0 aromatic heterocycles. The van der Waals surface area contributed by atoms with E-state index in [-0.39, 0.29) is 5.41 Å². The van der Waals surface area contributed by atoms with Crippen molar-refractivity contribution in [3.05, 3.63) is 29.3 Å². The molecule has 0 saturated carbocycles. The molecule has 0 spiro atoms. The number of hydrogen-bond donors (Lipinski definition) is 1. The van der Waals surface area contributed by atoms with Crippen LogP contribution in [0.2, 0.25) is 0 Å². The molecule has 2 nitrogen and oxygen atoms in total. The molecule has 0 bridgehead atoms. The van der Waals surface area contributed by atoms with Crippen molar-refractivity contribution in [3.63, 3.8) is 0 Å². The lowest BCUT2D eigenvalue weighted by Gasteiger charge is -2.23. The van der Waals surface area contributed by atoms with Crippen LogP contribution >= 0.6 is 0 Å². The summed E-state index contributed by atoms with van der Waals surface area (Å²) in [6.07, 6.45) is 2.17. The number of hydrogen-bond acceptors (Lipinski definition) is 2. The first-order valence-electron chi connectivity index (χ1n) is 6.76. The lowest BCUT2D eigenvalue weighted by atomic mass is 9.84. The van der Waals surface area contributed by atoms with Crippen LogP contribution in [0.15, 0.2) is 18.2 Å². The van der Waals surface area contributed by atoms with Crippen LogP contribution in [-0.2, 0) is 11.8 Å². The number of rotatable bonds is 5. The maximum Gasteiger partial charge on any atom is 0.122 e. The van der Waals surface area contributed by atoms with E-state index in [0.717, 1.165) is 25.1 Å². The summed E-state index contributed by atoms with van der Waals surface area (Å²) in [6.45, 7) is 9.69. The van der Waals surface area contributed by atoms with Crippen LogP contribution in [-0.4, -0.2) is 13.7 Å². The summed E-state index contributed by atoms with van der Waals surface area (Å²) in [4.78, 5) is 0. The van der Waals surface area contributed by atoms with Crippen molar-refractivity contribution in [2.75, 3.05) is 13.7 Å². The van der Waals surface area contributed by atoms with Crippen molar-refractivity contribution in [1.29, 1.82) is 0 Å². The second-order valence-electron chi connectivity index (χ2n) is 6.17. The fourth-order valence-electron chi connectivity index (χ4n) is 2.26. The van der Waals surface area contributed by atoms with Crippen LogP contribution in [0, 0.1) is 5.92 Å². The molecular formula is C16H27NO. The maximum atomic E-state index is 5.61. The van der Waals surface area contributed by atoms with Gasteiger partial charge < -0.3 is 10.5 Å². The van der Waals surface area contributed by atoms with E-state index < -0.39 is 0 Å². The zero-order valence-corrected chi connectivity index (χ0v) is 12.4. The summed E-state index contributed by atoms with van der Waals surface area (Å²) >= 11 is 0. The molecule has 1 atom stereocenters. The van der Waals surface area contributed by atoms with Gasteiger partial charge in [0.25, 0.3) is 0 Å². The molecule has 0 aliphatic carbocycles. The molecule has 0 saturated heterocycles. The summed E-state index contributed by atoms with van der Waals surface area (Å²) in [5.74, 6) is 1.62. The van der Waals surface area contributed by atoms with E-state index in [1.165, 1.54) is 11.1 Å². The fourth-order valence-corrected chi connectivity index (χ4v) is 2.26. The third kappa shape index (κ3) is 4.02. The van der Waals surface area contributed by atoms with E-state index >= 15 is 0 Å². The molecule has 1 aromatic carbocycles. The van der Waals surface area contributed by atoms with Crippen molar-refractivity contribution in [2.24, 2.45) is 11.7 Å². The Morgan fingerprint density at radius 1 is 1.28 bits per heavy atom. The summed E-state index contributed by atoms with van der Waals surface area (Å²) in [5.41, 5.74) is 8.37. The lowest BCUT2D eigenvalue weighted by Crippen LogP contribution is -2.14. The molecule has 1 unspecified atom stereocenters. The molecule has 2 heteroatoms. The van der Waals surface area contributed by atoms with E-state index in [0.29, 0.717) is 5.92 Å². The van der Waals surface area contributed by atoms with Gasteiger partial charge in [0.1, 0.15) is 5.75 Å². The van der Waals surface area contributed by atoms with Crippen molar-refractivity contribution in [3.8, 4) is 5.75 Å². The van der Waals surface area contributed by atoms with E-state index in [1.807, 2.05) is 0 Å². The van der Waals surface area contributed by atoms with E-state index in [1.54, 1.807) is 7.11 Å². The first kappa shape index (κ1) is 15.0. The molecule has 1 rings (SSSR count). The molecule has 0 aliphatic rings. The predicted molar refractivity (Wildman–Crippen MR) is 78.2 cm³/mol. The van der Waals surface area contributed by atoms with Gasteiger partial charge in [-0.15, -0.1) is 0 Å². The minimum atomic E-state index is 0.110. The fraction of sp³-hybridized carbons (Fsp3) is 0.625. The Bertz CT molecular complexity index is 379. The highest BCUT2D eigenvalue weighted by Gasteiger charge is 2.19. The van der Waals surface area contributed by atoms with Gasteiger partial charge in [0.2, 0.25) is 0 Å². The van der Waals surface area contributed by atoms with Crippen molar-refractivity contribution < 1.29 is 4.74 Å². The highest BCUT2D eigenvalue weighted by Crippen LogP contribution is 2.32. The number of benzene rings is 1. The quantitative estimate of drug-likeness (QED) is 0.866. The zero-order chi connectivity index (χ0) is 13.8. The van der Waals surface area contributed by atoms with Crippen molar-refractivity contribution >= 4 is 0 Å².